The van der Waals surface area contributed by atoms with Crippen molar-refractivity contribution in [2.75, 3.05) is 13.2 Å². The van der Waals surface area contributed by atoms with E-state index in [1.807, 2.05) is 12.1 Å². The lowest BCUT2D eigenvalue weighted by Gasteiger charge is -2.25. The van der Waals surface area contributed by atoms with E-state index in [1.54, 1.807) is 30.6 Å². The van der Waals surface area contributed by atoms with Crippen LogP contribution in [0.1, 0.15) is 24.1 Å². The van der Waals surface area contributed by atoms with Gasteiger partial charge in [-0.3, -0.25) is 14.7 Å². The average molecular weight is 367 g/mol. The Labute approximate surface area is 156 Å². The van der Waals surface area contributed by atoms with Crippen molar-refractivity contribution in [3.8, 4) is 0 Å². The minimum absolute atomic E-state index is 0.167. The molecule has 5 nitrogen and oxygen atoms in total. The Kier molecular flexibility index (Phi) is 5.27. The molecule has 0 amide bonds. The summed E-state index contributed by atoms with van der Waals surface area (Å²) < 4.78 is 19.9. The summed E-state index contributed by atoms with van der Waals surface area (Å²) in [6, 6.07) is 10.1. The van der Waals surface area contributed by atoms with Crippen LogP contribution in [-0.4, -0.2) is 34.1 Å². The molecular weight excluding hydrogens is 345 g/mol. The van der Waals surface area contributed by atoms with Gasteiger partial charge >= 0.3 is 0 Å². The number of hydrogen-bond acceptors (Lipinski definition) is 4. The molecule has 0 unspecified atom stereocenters. The summed E-state index contributed by atoms with van der Waals surface area (Å²) >= 11 is 0. The van der Waals surface area contributed by atoms with E-state index in [4.69, 9.17) is 4.74 Å². The maximum atomic E-state index is 14.1. The first-order valence-corrected chi connectivity index (χ1v) is 9.22. The van der Waals surface area contributed by atoms with Gasteiger partial charge in [-0.15, -0.1) is 0 Å². The van der Waals surface area contributed by atoms with Crippen LogP contribution in [0.5, 0.6) is 0 Å². The van der Waals surface area contributed by atoms with E-state index in [2.05, 4.69) is 14.9 Å². The summed E-state index contributed by atoms with van der Waals surface area (Å²) in [6.07, 6.45) is 5.84. The summed E-state index contributed by atoms with van der Waals surface area (Å²) in [6.45, 7) is 2.78. The first kappa shape index (κ1) is 17.8. The van der Waals surface area contributed by atoms with Crippen LogP contribution in [0.2, 0.25) is 0 Å². The van der Waals surface area contributed by atoms with Gasteiger partial charge in [-0.1, -0.05) is 6.07 Å². The number of nitrogens with zero attached hydrogens (tertiary/aromatic N) is 2. The van der Waals surface area contributed by atoms with E-state index >= 15 is 0 Å². The first-order valence-electron chi connectivity index (χ1n) is 9.22. The quantitative estimate of drug-likeness (QED) is 0.727. The topological polar surface area (TPSA) is 58.2 Å². The number of para-hydroxylation sites is 1. The number of ether oxygens (including phenoxy) is 1. The number of halogens is 1. The van der Waals surface area contributed by atoms with Crippen molar-refractivity contribution < 1.29 is 9.13 Å². The molecule has 2 aromatic heterocycles. The number of aromatic nitrogens is 2. The maximum Gasteiger partial charge on any atom is 0.189 e. The van der Waals surface area contributed by atoms with Crippen LogP contribution < -0.4 is 5.43 Å². The van der Waals surface area contributed by atoms with Gasteiger partial charge in [-0.2, -0.15) is 0 Å². The lowest BCUT2D eigenvalue weighted by molar-refractivity contribution is 0.0675. The van der Waals surface area contributed by atoms with Gasteiger partial charge in [0.15, 0.2) is 5.43 Å². The smallest absolute Gasteiger partial charge is 0.189 e. The van der Waals surface area contributed by atoms with Gasteiger partial charge in [0.1, 0.15) is 5.82 Å². The second kappa shape index (κ2) is 7.98. The fraction of sp³-hybridized carbons (Fsp3) is 0.333. The molecule has 1 atom stereocenters. The van der Waals surface area contributed by atoms with Gasteiger partial charge in [0.05, 0.1) is 11.6 Å². The van der Waals surface area contributed by atoms with Crippen molar-refractivity contribution in [1.82, 2.24) is 14.9 Å². The SMILES string of the molecule is O=c1cc(CN(Cc2ccncc2)C[C@H]2CCCO2)[nH]c2c(F)cccc12. The van der Waals surface area contributed by atoms with Crippen molar-refractivity contribution in [3.63, 3.8) is 0 Å². The summed E-state index contributed by atoms with van der Waals surface area (Å²) in [4.78, 5) is 21.8. The predicted octanol–water partition coefficient (Wildman–Crippen LogP) is 3.24. The van der Waals surface area contributed by atoms with Gasteiger partial charge in [0, 0.05) is 55.8 Å². The zero-order valence-corrected chi connectivity index (χ0v) is 15.0. The Morgan fingerprint density at radius 1 is 1.22 bits per heavy atom. The third kappa shape index (κ3) is 4.23. The Balaban J connectivity index is 1.61. The fourth-order valence-corrected chi connectivity index (χ4v) is 3.62. The number of pyridine rings is 2. The van der Waals surface area contributed by atoms with E-state index in [9.17, 15) is 9.18 Å². The molecule has 1 aliphatic heterocycles. The summed E-state index contributed by atoms with van der Waals surface area (Å²) in [5.74, 6) is -0.411. The molecule has 1 N–H and O–H groups in total. The maximum absolute atomic E-state index is 14.1. The number of nitrogens with one attached hydrogen (secondary N) is 1. The fourth-order valence-electron chi connectivity index (χ4n) is 3.62. The van der Waals surface area contributed by atoms with Crippen LogP contribution >= 0.6 is 0 Å². The molecule has 27 heavy (non-hydrogen) atoms. The molecule has 0 radical (unpaired) electrons. The van der Waals surface area contributed by atoms with Crippen LogP contribution in [-0.2, 0) is 17.8 Å². The largest absolute Gasteiger partial charge is 0.377 e. The van der Waals surface area contributed by atoms with Crippen molar-refractivity contribution in [2.24, 2.45) is 0 Å². The second-order valence-corrected chi connectivity index (χ2v) is 6.98. The molecule has 1 saturated heterocycles. The first-order chi connectivity index (χ1) is 13.2. The van der Waals surface area contributed by atoms with E-state index in [-0.39, 0.29) is 17.0 Å². The highest BCUT2D eigenvalue weighted by Gasteiger charge is 2.20. The minimum atomic E-state index is -0.411. The molecule has 6 heteroatoms. The number of fused-ring (bicyclic) bond motifs is 1. The van der Waals surface area contributed by atoms with Gasteiger partial charge < -0.3 is 9.72 Å². The summed E-state index contributed by atoms with van der Waals surface area (Å²) in [5, 5.41) is 0.374. The Bertz CT molecular complexity index is 968. The van der Waals surface area contributed by atoms with Gasteiger partial charge in [0.25, 0.3) is 0 Å². The van der Waals surface area contributed by atoms with Crippen molar-refractivity contribution >= 4 is 10.9 Å². The van der Waals surface area contributed by atoms with Crippen molar-refractivity contribution in [2.45, 2.75) is 32.0 Å². The van der Waals surface area contributed by atoms with Crippen LogP contribution in [0.4, 0.5) is 4.39 Å². The third-order valence-electron chi connectivity index (χ3n) is 4.91. The predicted molar refractivity (Wildman–Crippen MR) is 102 cm³/mol. The summed E-state index contributed by atoms with van der Waals surface area (Å²) in [5.41, 5.74) is 1.93. The van der Waals surface area contributed by atoms with Gasteiger partial charge in [-0.25, -0.2) is 4.39 Å². The highest BCUT2D eigenvalue weighted by atomic mass is 19.1. The molecule has 3 aromatic rings. The molecule has 0 saturated carbocycles. The highest BCUT2D eigenvalue weighted by Crippen LogP contribution is 2.18. The van der Waals surface area contributed by atoms with Gasteiger partial charge in [-0.05, 0) is 42.7 Å². The molecule has 140 valence electrons. The van der Waals surface area contributed by atoms with E-state index in [0.29, 0.717) is 24.2 Å². The second-order valence-electron chi connectivity index (χ2n) is 6.98. The molecule has 1 fully saturated rings. The number of aromatic amines is 1. The molecule has 4 rings (SSSR count). The lowest BCUT2D eigenvalue weighted by atomic mass is 10.1. The number of H-pyrrole nitrogens is 1. The standard InChI is InChI=1S/C21H22FN3O2/c22-19-5-1-4-18-20(26)11-16(24-21(18)19)13-25(14-17-3-2-10-27-17)12-15-6-8-23-9-7-15/h1,4-9,11,17H,2-3,10,12-14H2,(H,24,26)/t17-/m1/s1. The molecule has 0 aliphatic carbocycles. The Morgan fingerprint density at radius 2 is 2.07 bits per heavy atom. The van der Waals surface area contributed by atoms with Crippen LogP contribution in [0.15, 0.2) is 53.6 Å². The molecular formula is C21H22FN3O2. The summed E-state index contributed by atoms with van der Waals surface area (Å²) in [7, 11) is 0. The monoisotopic (exact) mass is 367 g/mol. The molecule has 1 aromatic carbocycles. The van der Waals surface area contributed by atoms with Crippen LogP contribution in [0, 0.1) is 5.82 Å². The Morgan fingerprint density at radius 3 is 2.85 bits per heavy atom. The Hall–Kier alpha value is -2.57. The molecule has 1 aliphatic rings. The molecule has 0 spiro atoms. The highest BCUT2D eigenvalue weighted by molar-refractivity contribution is 5.78. The zero-order valence-electron chi connectivity index (χ0n) is 15.0. The molecule has 3 heterocycles. The third-order valence-corrected chi connectivity index (χ3v) is 4.91. The average Bonchev–Trinajstić information content (AvgIpc) is 3.16. The number of rotatable bonds is 6. The van der Waals surface area contributed by atoms with E-state index in [1.165, 1.54) is 6.07 Å². The van der Waals surface area contributed by atoms with E-state index in [0.717, 1.165) is 31.6 Å². The lowest BCUT2D eigenvalue weighted by Crippen LogP contribution is -2.32. The van der Waals surface area contributed by atoms with E-state index < -0.39 is 5.82 Å². The minimum Gasteiger partial charge on any atom is -0.377 e. The number of hydrogen-bond donors (Lipinski definition) is 1. The van der Waals surface area contributed by atoms with Crippen molar-refractivity contribution in [3.05, 3.63) is 76.1 Å². The zero-order chi connectivity index (χ0) is 18.6. The normalized spacial score (nSPS) is 17.0. The number of benzene rings is 1. The van der Waals surface area contributed by atoms with Crippen LogP contribution in [0.3, 0.4) is 0 Å². The molecule has 0 bridgehead atoms. The van der Waals surface area contributed by atoms with Crippen molar-refractivity contribution in [1.29, 1.82) is 0 Å². The van der Waals surface area contributed by atoms with Crippen LogP contribution in [0.25, 0.3) is 10.9 Å². The van der Waals surface area contributed by atoms with Gasteiger partial charge in [0.2, 0.25) is 0 Å².